The molecule has 2 aromatic rings. The Labute approximate surface area is 200 Å². The highest BCUT2D eigenvalue weighted by molar-refractivity contribution is 5.83. The van der Waals surface area contributed by atoms with Gasteiger partial charge >= 0.3 is 12.1 Å². The SMILES string of the molecule is CCC(C)(CNC(=O)OCC1c2ccccc2-c2ccccc21)C(=O)NCCCC(C)C(=O)O. The smallest absolute Gasteiger partial charge is 0.407 e. The monoisotopic (exact) mass is 466 g/mol. The van der Waals surface area contributed by atoms with Crippen LogP contribution in [-0.4, -0.2) is 42.8 Å². The van der Waals surface area contributed by atoms with Crippen LogP contribution in [0.2, 0.25) is 0 Å². The van der Waals surface area contributed by atoms with Crippen LogP contribution in [0.1, 0.15) is 57.1 Å². The highest BCUT2D eigenvalue weighted by atomic mass is 16.5. The molecule has 0 heterocycles. The Morgan fingerprint density at radius 2 is 1.62 bits per heavy atom. The van der Waals surface area contributed by atoms with E-state index in [-0.39, 0.29) is 25.0 Å². The molecule has 2 atom stereocenters. The molecule has 7 heteroatoms. The fourth-order valence-electron chi connectivity index (χ4n) is 4.23. The van der Waals surface area contributed by atoms with Crippen LogP contribution >= 0.6 is 0 Å². The maximum absolute atomic E-state index is 12.7. The number of carbonyl (C=O) groups excluding carboxylic acids is 2. The van der Waals surface area contributed by atoms with Crippen molar-refractivity contribution in [3.8, 4) is 11.1 Å². The van der Waals surface area contributed by atoms with Crippen molar-refractivity contribution in [2.45, 2.75) is 46.0 Å². The number of carbonyl (C=O) groups is 3. The minimum absolute atomic E-state index is 0.0211. The van der Waals surface area contributed by atoms with Crippen LogP contribution in [0.5, 0.6) is 0 Å². The second-order valence-corrected chi connectivity index (χ2v) is 9.23. The maximum Gasteiger partial charge on any atom is 0.407 e. The largest absolute Gasteiger partial charge is 0.481 e. The third-order valence-corrected chi connectivity index (χ3v) is 6.82. The topological polar surface area (TPSA) is 105 Å². The van der Waals surface area contributed by atoms with Gasteiger partial charge in [0.05, 0.1) is 11.3 Å². The fourth-order valence-corrected chi connectivity index (χ4v) is 4.23. The summed E-state index contributed by atoms with van der Waals surface area (Å²) in [6.45, 7) is 6.11. The molecule has 3 rings (SSSR count). The van der Waals surface area contributed by atoms with E-state index in [4.69, 9.17) is 9.84 Å². The Bertz CT molecular complexity index is 992. The number of hydrogen-bond donors (Lipinski definition) is 3. The third kappa shape index (κ3) is 5.76. The van der Waals surface area contributed by atoms with Crippen LogP contribution < -0.4 is 10.6 Å². The van der Waals surface area contributed by atoms with E-state index in [9.17, 15) is 14.4 Å². The molecule has 7 nitrogen and oxygen atoms in total. The van der Waals surface area contributed by atoms with Gasteiger partial charge in [-0.2, -0.15) is 0 Å². The Morgan fingerprint density at radius 3 is 2.18 bits per heavy atom. The number of carboxylic acids is 1. The van der Waals surface area contributed by atoms with Gasteiger partial charge in [0.2, 0.25) is 5.91 Å². The molecule has 0 spiro atoms. The van der Waals surface area contributed by atoms with Crippen LogP contribution in [0.4, 0.5) is 4.79 Å². The predicted molar refractivity (Wildman–Crippen MR) is 131 cm³/mol. The van der Waals surface area contributed by atoms with Crippen molar-refractivity contribution >= 4 is 18.0 Å². The molecule has 2 amide bonds. The van der Waals surface area contributed by atoms with Crippen molar-refractivity contribution in [1.29, 1.82) is 0 Å². The van der Waals surface area contributed by atoms with Gasteiger partial charge in [-0.3, -0.25) is 9.59 Å². The summed E-state index contributed by atoms with van der Waals surface area (Å²) in [5.74, 6) is -1.47. The fraction of sp³-hybridized carbons (Fsp3) is 0.444. The first kappa shape index (κ1) is 25.3. The Morgan fingerprint density at radius 1 is 1.03 bits per heavy atom. The molecule has 2 unspecified atom stereocenters. The number of amides is 2. The molecule has 2 aromatic carbocycles. The first-order valence-electron chi connectivity index (χ1n) is 11.9. The van der Waals surface area contributed by atoms with Gasteiger partial charge in [0.1, 0.15) is 6.61 Å². The van der Waals surface area contributed by atoms with Crippen LogP contribution in [0.15, 0.2) is 48.5 Å². The number of ether oxygens (including phenoxy) is 1. The summed E-state index contributed by atoms with van der Waals surface area (Å²) in [7, 11) is 0. The molecular weight excluding hydrogens is 432 g/mol. The Kier molecular flexibility index (Phi) is 8.31. The summed E-state index contributed by atoms with van der Waals surface area (Å²) in [6, 6.07) is 16.3. The lowest BCUT2D eigenvalue weighted by atomic mass is 9.86. The number of fused-ring (bicyclic) bond motifs is 3. The molecule has 34 heavy (non-hydrogen) atoms. The molecule has 1 aliphatic carbocycles. The first-order valence-corrected chi connectivity index (χ1v) is 11.9. The zero-order chi connectivity index (χ0) is 24.7. The molecule has 0 saturated carbocycles. The maximum atomic E-state index is 12.7. The van der Waals surface area contributed by atoms with Crippen molar-refractivity contribution in [3.63, 3.8) is 0 Å². The highest BCUT2D eigenvalue weighted by Gasteiger charge is 2.33. The van der Waals surface area contributed by atoms with E-state index in [1.165, 1.54) is 11.1 Å². The van der Waals surface area contributed by atoms with Gasteiger partial charge in [0.15, 0.2) is 0 Å². The van der Waals surface area contributed by atoms with Gasteiger partial charge in [-0.1, -0.05) is 62.4 Å². The second-order valence-electron chi connectivity index (χ2n) is 9.23. The van der Waals surface area contributed by atoms with E-state index in [2.05, 4.69) is 34.9 Å². The van der Waals surface area contributed by atoms with Gasteiger partial charge in [0.25, 0.3) is 0 Å². The second kappa shape index (κ2) is 11.2. The molecule has 0 aromatic heterocycles. The van der Waals surface area contributed by atoms with E-state index in [0.29, 0.717) is 25.8 Å². The summed E-state index contributed by atoms with van der Waals surface area (Å²) in [4.78, 5) is 36.1. The molecule has 0 radical (unpaired) electrons. The number of benzene rings is 2. The van der Waals surface area contributed by atoms with Gasteiger partial charge in [0, 0.05) is 19.0 Å². The van der Waals surface area contributed by atoms with Gasteiger partial charge in [-0.25, -0.2) is 4.79 Å². The lowest BCUT2D eigenvalue weighted by molar-refractivity contribution is -0.141. The average Bonchev–Trinajstić information content (AvgIpc) is 3.17. The van der Waals surface area contributed by atoms with Crippen LogP contribution in [-0.2, 0) is 14.3 Å². The van der Waals surface area contributed by atoms with Crippen LogP contribution in [0.3, 0.4) is 0 Å². The van der Waals surface area contributed by atoms with Gasteiger partial charge in [-0.05, 0) is 48.4 Å². The zero-order valence-corrected chi connectivity index (χ0v) is 20.1. The highest BCUT2D eigenvalue weighted by Crippen LogP contribution is 2.44. The zero-order valence-electron chi connectivity index (χ0n) is 20.1. The number of hydrogen-bond acceptors (Lipinski definition) is 4. The van der Waals surface area contributed by atoms with E-state index in [1.54, 1.807) is 13.8 Å². The summed E-state index contributed by atoms with van der Waals surface area (Å²) in [5, 5.41) is 14.6. The average molecular weight is 467 g/mol. The minimum atomic E-state index is -0.836. The molecule has 0 bridgehead atoms. The molecule has 3 N–H and O–H groups in total. The van der Waals surface area contributed by atoms with Crippen molar-refractivity contribution in [2.24, 2.45) is 11.3 Å². The van der Waals surface area contributed by atoms with Crippen molar-refractivity contribution in [1.82, 2.24) is 10.6 Å². The van der Waals surface area contributed by atoms with Gasteiger partial charge in [-0.15, -0.1) is 0 Å². The summed E-state index contributed by atoms with van der Waals surface area (Å²) in [5.41, 5.74) is 3.84. The summed E-state index contributed by atoms with van der Waals surface area (Å²) < 4.78 is 5.57. The van der Waals surface area contributed by atoms with E-state index in [0.717, 1.165) is 11.1 Å². The number of aliphatic carboxylic acids is 1. The Hall–Kier alpha value is -3.35. The lowest BCUT2D eigenvalue weighted by Gasteiger charge is -2.27. The number of alkyl carbamates (subject to hydrolysis) is 1. The Balaban J connectivity index is 1.50. The van der Waals surface area contributed by atoms with Crippen molar-refractivity contribution in [3.05, 3.63) is 59.7 Å². The number of rotatable bonds is 11. The quantitative estimate of drug-likeness (QED) is 0.421. The number of carboxylic acid groups (broad SMARTS) is 1. The van der Waals surface area contributed by atoms with Crippen LogP contribution in [0.25, 0.3) is 11.1 Å². The molecule has 1 aliphatic rings. The number of nitrogens with one attached hydrogen (secondary N) is 2. The molecule has 0 saturated heterocycles. The summed E-state index contributed by atoms with van der Waals surface area (Å²) >= 11 is 0. The first-order chi connectivity index (χ1) is 16.3. The molecule has 0 aliphatic heterocycles. The molecular formula is C27H34N2O5. The predicted octanol–water partition coefficient (Wildman–Crippen LogP) is 4.56. The standard InChI is InChI=1S/C27H34N2O5/c1-4-27(3,25(32)28-15-9-10-18(2)24(30)31)17-29-26(33)34-16-23-21-13-7-5-11-19(21)20-12-6-8-14-22(20)23/h5-8,11-14,18,23H,4,9-10,15-17H2,1-3H3,(H,28,32)(H,29,33)(H,30,31). The molecule has 182 valence electrons. The minimum Gasteiger partial charge on any atom is -0.481 e. The lowest BCUT2D eigenvalue weighted by Crippen LogP contribution is -2.46. The van der Waals surface area contributed by atoms with Gasteiger partial charge < -0.3 is 20.5 Å². The van der Waals surface area contributed by atoms with E-state index >= 15 is 0 Å². The third-order valence-electron chi connectivity index (χ3n) is 6.82. The van der Waals surface area contributed by atoms with Crippen molar-refractivity contribution < 1.29 is 24.2 Å². The van der Waals surface area contributed by atoms with Crippen LogP contribution in [0, 0.1) is 11.3 Å². The molecule has 0 fully saturated rings. The van der Waals surface area contributed by atoms with E-state index < -0.39 is 23.4 Å². The van der Waals surface area contributed by atoms with Crippen molar-refractivity contribution in [2.75, 3.05) is 19.7 Å². The summed E-state index contributed by atoms with van der Waals surface area (Å²) in [6.07, 6.45) is 1.06. The van der Waals surface area contributed by atoms with E-state index in [1.807, 2.05) is 31.2 Å². The normalized spacial score (nSPS) is 14.9.